The molecule has 1 aliphatic heterocycles. The molecule has 5 N–H and O–H groups in total. The quantitative estimate of drug-likeness (QED) is 0.194. The molecule has 4 rings (SSSR count). The molecule has 0 bridgehead atoms. The molecule has 1 saturated heterocycles. The van der Waals surface area contributed by atoms with Gasteiger partial charge in [0.25, 0.3) is 11.2 Å². The van der Waals surface area contributed by atoms with Crippen LogP contribution in [-0.4, -0.2) is 66.4 Å². The van der Waals surface area contributed by atoms with Crippen LogP contribution >= 0.6 is 0 Å². The number of hydrogen-bond acceptors (Lipinski definition) is 11. The number of aromatic amines is 1. The molecular weight excluding hydrogens is 476 g/mol. The van der Waals surface area contributed by atoms with E-state index in [0.29, 0.717) is 5.56 Å². The lowest BCUT2D eigenvalue weighted by molar-refractivity contribution is -0.386. The van der Waals surface area contributed by atoms with Crippen molar-refractivity contribution < 1.29 is 29.3 Å². The number of nitrogens with zero attached hydrogens (tertiary/aromatic N) is 4. The maximum Gasteiger partial charge on any atom is 0.280 e. The minimum atomic E-state index is -1.26. The zero-order chi connectivity index (χ0) is 26.2. The molecule has 3 aromatic rings. The van der Waals surface area contributed by atoms with Crippen molar-refractivity contribution in [3.8, 4) is 0 Å². The number of fused-ring (bicyclic) bond motifs is 1. The van der Waals surface area contributed by atoms with Crippen LogP contribution in [0.25, 0.3) is 11.2 Å². The van der Waals surface area contributed by atoms with Gasteiger partial charge in [0.1, 0.15) is 25.1 Å². The molecule has 0 radical (unpaired) electrons. The summed E-state index contributed by atoms with van der Waals surface area (Å²) in [5, 5.41) is 32.0. The van der Waals surface area contributed by atoms with Gasteiger partial charge >= 0.3 is 0 Å². The number of H-pyrrole nitrogens is 1. The minimum absolute atomic E-state index is 0.00826. The van der Waals surface area contributed by atoms with Crippen molar-refractivity contribution in [3.63, 3.8) is 0 Å². The molecule has 1 aliphatic rings. The van der Waals surface area contributed by atoms with E-state index in [2.05, 4.69) is 15.0 Å². The van der Waals surface area contributed by atoms with Gasteiger partial charge in [-0.05, 0) is 11.5 Å². The number of nitrogens with one attached hydrogen (secondary N) is 1. The van der Waals surface area contributed by atoms with E-state index < -0.39 is 53.1 Å². The summed E-state index contributed by atoms with van der Waals surface area (Å²) in [6.07, 6.45) is -3.78. The smallest absolute Gasteiger partial charge is 0.280 e. The third-order valence-electron chi connectivity index (χ3n) is 5.92. The van der Waals surface area contributed by atoms with Crippen LogP contribution < -0.4 is 11.3 Å². The molecule has 3 heterocycles. The van der Waals surface area contributed by atoms with Gasteiger partial charge < -0.3 is 30.2 Å². The molecule has 2 unspecified atom stereocenters. The number of ether oxygens (including phenoxy) is 3. The number of benzene rings is 1. The molecule has 0 amide bonds. The van der Waals surface area contributed by atoms with Gasteiger partial charge in [0.15, 0.2) is 17.4 Å². The molecule has 1 aromatic carbocycles. The number of nitro groups is 1. The van der Waals surface area contributed by atoms with Crippen molar-refractivity contribution in [2.24, 2.45) is 5.41 Å². The topological polar surface area (TPSA) is 201 Å². The van der Waals surface area contributed by atoms with Crippen LogP contribution in [-0.2, 0) is 14.2 Å². The van der Waals surface area contributed by atoms with Crippen molar-refractivity contribution >= 4 is 22.8 Å². The van der Waals surface area contributed by atoms with Crippen molar-refractivity contribution in [1.82, 2.24) is 19.5 Å². The van der Waals surface area contributed by atoms with Crippen molar-refractivity contribution in [2.75, 3.05) is 19.1 Å². The average Bonchev–Trinajstić information content (AvgIpc) is 3.36. The number of nitrogen functional groups attached to an aromatic ring is 1. The largest absolute Gasteiger partial charge is 0.394 e. The highest BCUT2D eigenvalue weighted by molar-refractivity contribution is 5.70. The lowest BCUT2D eigenvalue weighted by Gasteiger charge is -2.31. The van der Waals surface area contributed by atoms with E-state index in [9.17, 15) is 25.1 Å². The van der Waals surface area contributed by atoms with E-state index in [1.807, 2.05) is 20.8 Å². The van der Waals surface area contributed by atoms with Crippen molar-refractivity contribution in [1.29, 1.82) is 0 Å². The molecule has 5 atom stereocenters. The molecule has 0 aliphatic carbocycles. The fourth-order valence-electron chi connectivity index (χ4n) is 4.27. The van der Waals surface area contributed by atoms with Crippen LogP contribution in [0.2, 0.25) is 0 Å². The number of aromatic nitrogens is 4. The highest BCUT2D eigenvalue weighted by Gasteiger charge is 2.46. The number of aliphatic hydroxyl groups is 2. The van der Waals surface area contributed by atoms with E-state index in [-0.39, 0.29) is 29.6 Å². The second kappa shape index (κ2) is 9.91. The van der Waals surface area contributed by atoms with Gasteiger partial charge in [-0.3, -0.25) is 24.5 Å². The summed E-state index contributed by atoms with van der Waals surface area (Å²) >= 11 is 0. The summed E-state index contributed by atoms with van der Waals surface area (Å²) in [5.74, 6) is -0.134. The summed E-state index contributed by atoms with van der Waals surface area (Å²) < 4.78 is 19.0. The van der Waals surface area contributed by atoms with Gasteiger partial charge in [0, 0.05) is 6.07 Å². The predicted octanol–water partition coefficient (Wildman–Crippen LogP) is 1.01. The Bertz CT molecular complexity index is 1300. The van der Waals surface area contributed by atoms with E-state index in [4.69, 9.17) is 19.9 Å². The fraction of sp³-hybridized carbons (Fsp3) is 0.500. The number of anilines is 1. The van der Waals surface area contributed by atoms with Crippen molar-refractivity contribution in [2.45, 2.75) is 51.4 Å². The molecule has 0 spiro atoms. The van der Waals surface area contributed by atoms with E-state index in [1.54, 1.807) is 18.2 Å². The highest BCUT2D eigenvalue weighted by Crippen LogP contribution is 2.40. The maximum atomic E-state index is 12.2. The van der Waals surface area contributed by atoms with Crippen molar-refractivity contribution in [3.05, 3.63) is 56.6 Å². The Balaban J connectivity index is 1.60. The first-order valence-corrected chi connectivity index (χ1v) is 11.2. The van der Waals surface area contributed by atoms with Crippen LogP contribution in [0.3, 0.4) is 0 Å². The zero-order valence-corrected chi connectivity index (χ0v) is 19.9. The lowest BCUT2D eigenvalue weighted by Crippen LogP contribution is -2.36. The zero-order valence-electron chi connectivity index (χ0n) is 19.9. The Labute approximate surface area is 204 Å². The Morgan fingerprint density at radius 1 is 1.36 bits per heavy atom. The predicted molar refractivity (Wildman–Crippen MR) is 126 cm³/mol. The molecule has 14 heteroatoms. The minimum Gasteiger partial charge on any atom is -0.394 e. The van der Waals surface area contributed by atoms with Crippen LogP contribution in [0, 0.1) is 15.5 Å². The summed E-state index contributed by atoms with van der Waals surface area (Å²) in [7, 11) is 0. The fourth-order valence-corrected chi connectivity index (χ4v) is 4.27. The van der Waals surface area contributed by atoms with E-state index in [1.165, 1.54) is 17.0 Å². The molecule has 2 aromatic heterocycles. The number of para-hydroxylation sites is 1. The van der Waals surface area contributed by atoms with E-state index in [0.717, 1.165) is 0 Å². The number of nitro benzene ring substituents is 1. The second-order valence-corrected chi connectivity index (χ2v) is 9.49. The molecule has 194 valence electrons. The van der Waals surface area contributed by atoms with Gasteiger partial charge in [-0.2, -0.15) is 4.98 Å². The summed E-state index contributed by atoms with van der Waals surface area (Å²) in [6.45, 7) is 4.76. The number of rotatable bonds is 8. The Kier molecular flexibility index (Phi) is 7.06. The number of nitrogens with two attached hydrogens (primary N) is 1. The number of imidazole rings is 1. The molecule has 36 heavy (non-hydrogen) atoms. The number of aliphatic hydroxyl groups excluding tert-OH is 2. The van der Waals surface area contributed by atoms with Crippen LogP contribution in [0.15, 0.2) is 35.4 Å². The molecule has 0 saturated carbocycles. The molecule has 1 fully saturated rings. The van der Waals surface area contributed by atoms with Gasteiger partial charge in [-0.1, -0.05) is 32.9 Å². The summed E-state index contributed by atoms with van der Waals surface area (Å²) in [5.41, 5.74) is 4.99. The van der Waals surface area contributed by atoms with Crippen LogP contribution in [0.5, 0.6) is 0 Å². The maximum absolute atomic E-state index is 12.2. The van der Waals surface area contributed by atoms with Gasteiger partial charge in [0.2, 0.25) is 5.95 Å². The van der Waals surface area contributed by atoms with Gasteiger partial charge in [-0.15, -0.1) is 0 Å². The third-order valence-corrected chi connectivity index (χ3v) is 5.92. The van der Waals surface area contributed by atoms with Crippen LogP contribution in [0.4, 0.5) is 11.6 Å². The summed E-state index contributed by atoms with van der Waals surface area (Å²) in [4.78, 5) is 33.8. The first kappa shape index (κ1) is 25.7. The highest BCUT2D eigenvalue weighted by atomic mass is 16.7. The van der Waals surface area contributed by atoms with E-state index >= 15 is 0 Å². The molecular formula is C22H28N6O8. The Morgan fingerprint density at radius 2 is 2.08 bits per heavy atom. The standard InChI is InChI=1S/C22H28N6O8/c1-22(2,3)17(11-6-4-5-7-12(11)28(32)33)35-10-34-16-15(30)13(8-29)36-20(16)27-9-24-14-18(27)25-21(23)26-19(14)31/h4-7,9,13,15-17,20,29-30H,8,10H2,1-3H3,(H3,23,25,26,31)/t13-,15?,16+,17?,20-/m1/s1. The second-order valence-electron chi connectivity index (χ2n) is 9.49. The Hall–Kier alpha value is -3.43. The van der Waals surface area contributed by atoms with Gasteiger partial charge in [-0.25, -0.2) is 4.98 Å². The summed E-state index contributed by atoms with van der Waals surface area (Å²) in [6, 6.07) is 6.29. The van der Waals surface area contributed by atoms with Crippen LogP contribution in [0.1, 0.15) is 38.7 Å². The average molecular weight is 505 g/mol. The SMILES string of the molecule is CC(C)(C)C(OCO[C@H]1C(O)[C@@H](CO)O[C@H]1n1cnc2c(=O)[nH]c(N)nc21)c1ccccc1[N+](=O)[O-]. The first-order chi connectivity index (χ1) is 17.0. The normalized spacial score (nSPS) is 23.2. The monoisotopic (exact) mass is 504 g/mol. The third kappa shape index (κ3) is 4.81. The molecule has 14 nitrogen and oxygen atoms in total. The Morgan fingerprint density at radius 3 is 2.75 bits per heavy atom. The first-order valence-electron chi connectivity index (χ1n) is 11.2. The lowest BCUT2D eigenvalue weighted by atomic mass is 9.84. The number of hydrogen-bond donors (Lipinski definition) is 4. The van der Waals surface area contributed by atoms with Gasteiger partial charge in [0.05, 0.1) is 29.5 Å².